The molecular weight excluding hydrogens is 444 g/mol. The van der Waals surface area contributed by atoms with E-state index in [9.17, 15) is 10.5 Å². The van der Waals surface area contributed by atoms with E-state index >= 15 is 0 Å². The van der Waals surface area contributed by atoms with E-state index in [0.717, 1.165) is 17.7 Å². The Morgan fingerprint density at radius 2 is 1.88 bits per heavy atom. The Hall–Kier alpha value is -3.26. The van der Waals surface area contributed by atoms with Crippen LogP contribution in [-0.4, -0.2) is 37.6 Å². The fourth-order valence-corrected chi connectivity index (χ4v) is 5.07. The number of thioether (sulfide) groups is 1. The zero-order valence-corrected chi connectivity index (χ0v) is 21.0. The van der Waals surface area contributed by atoms with Crippen molar-refractivity contribution < 1.29 is 9.47 Å². The summed E-state index contributed by atoms with van der Waals surface area (Å²) in [5.41, 5.74) is 3.48. The van der Waals surface area contributed by atoms with Crippen LogP contribution in [-0.2, 0) is 4.74 Å². The molecule has 1 heterocycles. The summed E-state index contributed by atoms with van der Waals surface area (Å²) in [5, 5.41) is 24.0. The maximum absolute atomic E-state index is 10.1. The largest absolute Gasteiger partial charge is 0.491 e. The predicted molar refractivity (Wildman–Crippen MR) is 137 cm³/mol. The molecule has 0 spiro atoms. The van der Waals surface area contributed by atoms with Gasteiger partial charge in [0.05, 0.1) is 12.2 Å². The molecule has 1 unspecified atom stereocenters. The maximum Gasteiger partial charge on any atom is 0.146 e. The maximum atomic E-state index is 10.1. The summed E-state index contributed by atoms with van der Waals surface area (Å²) in [6.07, 6.45) is 7.42. The molecule has 0 saturated heterocycles. The van der Waals surface area contributed by atoms with Gasteiger partial charge in [0.2, 0.25) is 0 Å². The molecule has 6 nitrogen and oxygen atoms in total. The number of aromatic nitrogens is 1. The van der Waals surface area contributed by atoms with E-state index < -0.39 is 0 Å². The molecule has 3 rings (SSSR count). The lowest BCUT2D eigenvalue weighted by molar-refractivity contribution is 0.146. The van der Waals surface area contributed by atoms with E-state index in [0.29, 0.717) is 53.0 Å². The number of nitriles is 2. The van der Waals surface area contributed by atoms with Gasteiger partial charge in [-0.25, -0.2) is 4.98 Å². The van der Waals surface area contributed by atoms with Gasteiger partial charge >= 0.3 is 0 Å². The van der Waals surface area contributed by atoms with Crippen molar-refractivity contribution in [2.24, 2.45) is 5.41 Å². The highest BCUT2D eigenvalue weighted by Crippen LogP contribution is 2.41. The molecule has 0 saturated carbocycles. The third kappa shape index (κ3) is 5.99. The lowest BCUT2D eigenvalue weighted by Crippen LogP contribution is -2.19. The van der Waals surface area contributed by atoms with Gasteiger partial charge in [0.25, 0.3) is 0 Å². The average molecular weight is 475 g/mol. The van der Waals surface area contributed by atoms with Crippen LogP contribution in [0.25, 0.3) is 11.1 Å². The number of nitrogens with one attached hydrogen (secondary N) is 1. The van der Waals surface area contributed by atoms with Crippen LogP contribution in [0.15, 0.2) is 53.1 Å². The first-order chi connectivity index (χ1) is 16.4. The molecule has 1 atom stereocenters. The van der Waals surface area contributed by atoms with E-state index in [4.69, 9.17) is 14.5 Å². The Labute approximate surface area is 206 Å². The molecule has 1 aliphatic carbocycles. The molecule has 1 aromatic carbocycles. The van der Waals surface area contributed by atoms with Crippen molar-refractivity contribution in [2.75, 3.05) is 37.9 Å². The van der Waals surface area contributed by atoms with Crippen molar-refractivity contribution >= 4 is 17.6 Å². The second-order valence-electron chi connectivity index (χ2n) is 8.50. The van der Waals surface area contributed by atoms with Gasteiger partial charge in [-0.3, -0.25) is 0 Å². The van der Waals surface area contributed by atoms with Crippen molar-refractivity contribution in [1.82, 2.24) is 4.98 Å². The highest BCUT2D eigenvalue weighted by atomic mass is 32.2. The Morgan fingerprint density at radius 3 is 2.50 bits per heavy atom. The molecular formula is C27H30N4O2S. The minimum absolute atomic E-state index is 0.0223. The number of hydrogen-bond acceptors (Lipinski definition) is 7. The zero-order chi connectivity index (χ0) is 24.6. The number of anilines is 1. The number of ether oxygens (including phenoxy) is 2. The summed E-state index contributed by atoms with van der Waals surface area (Å²) in [7, 11) is 1.63. The molecule has 2 aromatic rings. The molecule has 1 aliphatic rings. The number of nitrogens with zero attached hydrogens (tertiary/aromatic N) is 3. The van der Waals surface area contributed by atoms with Gasteiger partial charge < -0.3 is 14.8 Å². The highest BCUT2D eigenvalue weighted by molar-refractivity contribution is 7.99. The zero-order valence-electron chi connectivity index (χ0n) is 20.1. The topological polar surface area (TPSA) is 91.0 Å². The van der Waals surface area contributed by atoms with Crippen molar-refractivity contribution in [1.29, 1.82) is 10.5 Å². The molecule has 1 aromatic heterocycles. The first-order valence-electron chi connectivity index (χ1n) is 11.3. The molecule has 34 heavy (non-hydrogen) atoms. The smallest absolute Gasteiger partial charge is 0.146 e. The fraction of sp³-hybridized carbons (Fsp3) is 0.370. The number of allylic oxidation sites excluding steroid dienone is 4. The number of methoxy groups -OCH3 is 1. The van der Waals surface area contributed by atoms with Crippen LogP contribution < -0.4 is 10.1 Å². The van der Waals surface area contributed by atoms with E-state index in [-0.39, 0.29) is 5.41 Å². The normalized spacial score (nSPS) is 16.9. The predicted octanol–water partition coefficient (Wildman–Crippen LogP) is 5.95. The minimum atomic E-state index is -0.0223. The molecule has 1 N–H and O–H groups in total. The quantitative estimate of drug-likeness (QED) is 0.336. The van der Waals surface area contributed by atoms with Crippen LogP contribution in [0, 0.1) is 28.1 Å². The van der Waals surface area contributed by atoms with Crippen LogP contribution in [0.3, 0.4) is 0 Å². The lowest BCUT2D eigenvalue weighted by Gasteiger charge is -2.28. The third-order valence-electron chi connectivity index (χ3n) is 5.53. The Morgan fingerprint density at radius 1 is 1.15 bits per heavy atom. The van der Waals surface area contributed by atoms with E-state index in [1.807, 2.05) is 31.2 Å². The lowest BCUT2D eigenvalue weighted by atomic mass is 9.82. The SMILES string of the molecule is CCNc1nc(SCC2(C)C=CC=C(C)C2)c(C#N)c(-c2ccc(OCCOC)cc2)c1C#N. The van der Waals surface area contributed by atoms with Gasteiger partial charge in [-0.1, -0.05) is 42.9 Å². The summed E-state index contributed by atoms with van der Waals surface area (Å²) < 4.78 is 10.7. The van der Waals surface area contributed by atoms with Gasteiger partial charge in [-0.05, 0) is 43.4 Å². The molecule has 0 amide bonds. The van der Waals surface area contributed by atoms with Crippen molar-refractivity contribution in [3.05, 3.63) is 59.2 Å². The van der Waals surface area contributed by atoms with Gasteiger partial charge in [-0.15, -0.1) is 11.8 Å². The molecule has 0 bridgehead atoms. The van der Waals surface area contributed by atoms with E-state index in [1.165, 1.54) is 5.57 Å². The van der Waals surface area contributed by atoms with Crippen molar-refractivity contribution in [2.45, 2.75) is 32.2 Å². The van der Waals surface area contributed by atoms with E-state index in [2.05, 4.69) is 49.5 Å². The standard InChI is InChI=1S/C27H30N4O2S/c1-5-30-25-22(16-28)24(20-8-10-21(11-9-20)33-14-13-32-4)23(17-29)26(31-25)34-18-27(3)12-6-7-19(2)15-27/h6-12H,5,13-15,18H2,1-4H3,(H,30,31). The summed E-state index contributed by atoms with van der Waals surface area (Å²) in [4.78, 5) is 4.72. The van der Waals surface area contributed by atoms with Gasteiger partial charge in [-0.2, -0.15) is 10.5 Å². The summed E-state index contributed by atoms with van der Waals surface area (Å²) >= 11 is 1.56. The number of hydrogen-bond donors (Lipinski definition) is 1. The second-order valence-corrected chi connectivity index (χ2v) is 9.47. The van der Waals surface area contributed by atoms with Crippen molar-refractivity contribution in [3.63, 3.8) is 0 Å². The van der Waals surface area contributed by atoms with Crippen LogP contribution in [0.1, 0.15) is 38.3 Å². The summed E-state index contributed by atoms with van der Waals surface area (Å²) in [6, 6.07) is 12.0. The molecule has 0 aliphatic heterocycles. The van der Waals surface area contributed by atoms with Crippen LogP contribution in [0.4, 0.5) is 5.82 Å². The second kappa shape index (κ2) is 11.7. The van der Waals surface area contributed by atoms with Gasteiger partial charge in [0.15, 0.2) is 0 Å². The average Bonchev–Trinajstić information content (AvgIpc) is 2.83. The Kier molecular flexibility index (Phi) is 8.76. The molecule has 0 fully saturated rings. The summed E-state index contributed by atoms with van der Waals surface area (Å²) in [6.45, 7) is 7.88. The highest BCUT2D eigenvalue weighted by Gasteiger charge is 2.27. The molecule has 176 valence electrons. The van der Waals surface area contributed by atoms with Gasteiger partial charge in [0.1, 0.15) is 40.9 Å². The molecule has 0 radical (unpaired) electrons. The van der Waals surface area contributed by atoms with Gasteiger partial charge in [0, 0.05) is 25.0 Å². The monoisotopic (exact) mass is 474 g/mol. The minimum Gasteiger partial charge on any atom is -0.491 e. The van der Waals surface area contributed by atoms with Crippen molar-refractivity contribution in [3.8, 4) is 29.0 Å². The van der Waals surface area contributed by atoms with Crippen LogP contribution >= 0.6 is 11.8 Å². The Balaban J connectivity index is 2.01. The van der Waals surface area contributed by atoms with Crippen LogP contribution in [0.5, 0.6) is 5.75 Å². The third-order valence-corrected chi connectivity index (χ3v) is 6.90. The number of benzene rings is 1. The number of pyridine rings is 1. The first kappa shape index (κ1) is 25.4. The summed E-state index contributed by atoms with van der Waals surface area (Å²) in [5.74, 6) is 1.98. The number of rotatable bonds is 10. The fourth-order valence-electron chi connectivity index (χ4n) is 3.96. The Bertz CT molecular complexity index is 1160. The van der Waals surface area contributed by atoms with Crippen LogP contribution in [0.2, 0.25) is 0 Å². The molecule has 7 heteroatoms. The van der Waals surface area contributed by atoms with E-state index in [1.54, 1.807) is 18.9 Å². The first-order valence-corrected chi connectivity index (χ1v) is 12.2.